The maximum atomic E-state index is 12.0. The number of hydrogen-bond donors (Lipinski definition) is 0. The number of fused-ring (bicyclic) bond motifs is 1. The summed E-state index contributed by atoms with van der Waals surface area (Å²) in [5.74, 6) is -0.319. The van der Waals surface area contributed by atoms with Gasteiger partial charge in [0.05, 0.1) is 12.8 Å². The van der Waals surface area contributed by atoms with Crippen molar-refractivity contribution in [2.75, 3.05) is 6.61 Å². The first-order chi connectivity index (χ1) is 10.8. The normalized spacial score (nSPS) is 11.0. The molecule has 0 radical (unpaired) electrons. The molecule has 0 N–H and O–H groups in total. The number of aromatic nitrogens is 3. The second-order valence-corrected chi connectivity index (χ2v) is 5.13. The Morgan fingerprint density at radius 1 is 1.23 bits per heavy atom. The van der Waals surface area contributed by atoms with Crippen molar-refractivity contribution in [1.29, 1.82) is 0 Å². The average molecular weight is 297 g/mol. The third-order valence-corrected chi connectivity index (χ3v) is 3.63. The van der Waals surface area contributed by atoms with Crippen molar-refractivity contribution in [3.05, 3.63) is 60.0 Å². The molecule has 3 aromatic rings. The summed E-state index contributed by atoms with van der Waals surface area (Å²) < 4.78 is 8.86. The van der Waals surface area contributed by atoms with Crippen LogP contribution in [-0.4, -0.2) is 26.8 Å². The quantitative estimate of drug-likeness (QED) is 0.657. The molecule has 0 fully saturated rings. The zero-order valence-electron chi connectivity index (χ0n) is 12.6. The van der Waals surface area contributed by atoms with Gasteiger partial charge >= 0.3 is 5.97 Å². The second kappa shape index (κ2) is 6.47. The van der Waals surface area contributed by atoms with Gasteiger partial charge in [-0.2, -0.15) is 5.10 Å². The highest BCUT2D eigenvalue weighted by Crippen LogP contribution is 2.14. The van der Waals surface area contributed by atoms with Gasteiger partial charge in [0.1, 0.15) is 11.2 Å². The van der Waals surface area contributed by atoms with E-state index in [-0.39, 0.29) is 5.97 Å². The van der Waals surface area contributed by atoms with Crippen molar-refractivity contribution in [2.24, 2.45) is 0 Å². The molecule has 1 aromatic carbocycles. The van der Waals surface area contributed by atoms with E-state index in [0.717, 1.165) is 25.0 Å². The van der Waals surface area contributed by atoms with E-state index >= 15 is 0 Å². The molecular weight excluding hydrogens is 278 g/mol. The molecule has 0 aliphatic rings. The van der Waals surface area contributed by atoms with E-state index in [0.29, 0.717) is 12.2 Å². The number of carbonyl (C=O) groups excluding carboxylic acids is 1. The van der Waals surface area contributed by atoms with Crippen LogP contribution in [0, 0.1) is 0 Å². The summed E-state index contributed by atoms with van der Waals surface area (Å²) in [4.78, 5) is 12.0. The number of ether oxygens (including phenoxy) is 1. The second-order valence-electron chi connectivity index (χ2n) is 5.13. The molecule has 0 bridgehead atoms. The van der Waals surface area contributed by atoms with Crippen LogP contribution in [0.4, 0.5) is 0 Å². The number of benzene rings is 1. The van der Waals surface area contributed by atoms with Crippen molar-refractivity contribution in [2.45, 2.75) is 26.3 Å². The van der Waals surface area contributed by atoms with Crippen LogP contribution in [0.3, 0.4) is 0 Å². The van der Waals surface area contributed by atoms with Gasteiger partial charge in [0.15, 0.2) is 0 Å². The van der Waals surface area contributed by atoms with Crippen molar-refractivity contribution in [3.8, 4) is 0 Å². The molecule has 3 rings (SSSR count). The standard InChI is InChI=1S/C17H19N3O2/c1-2-22-17(21)15-13-18-20-12-11-19(16(15)20)10-6-9-14-7-4-3-5-8-14/h3-5,7-8,11-13H,2,6,9-10H2,1H3. The summed E-state index contributed by atoms with van der Waals surface area (Å²) in [6.45, 7) is 3.01. The van der Waals surface area contributed by atoms with Gasteiger partial charge < -0.3 is 9.30 Å². The topological polar surface area (TPSA) is 48.5 Å². The van der Waals surface area contributed by atoms with Crippen LogP contribution in [-0.2, 0) is 17.7 Å². The van der Waals surface area contributed by atoms with Gasteiger partial charge in [-0.3, -0.25) is 0 Å². The zero-order chi connectivity index (χ0) is 15.4. The highest BCUT2D eigenvalue weighted by atomic mass is 16.5. The number of aryl methyl sites for hydroxylation is 2. The lowest BCUT2D eigenvalue weighted by molar-refractivity contribution is 0.0528. The van der Waals surface area contributed by atoms with E-state index in [9.17, 15) is 4.79 Å². The Morgan fingerprint density at radius 3 is 2.82 bits per heavy atom. The van der Waals surface area contributed by atoms with Gasteiger partial charge in [0, 0.05) is 18.9 Å². The molecular formula is C17H19N3O2. The summed E-state index contributed by atoms with van der Waals surface area (Å²) >= 11 is 0. The maximum Gasteiger partial charge on any atom is 0.343 e. The molecule has 0 spiro atoms. The van der Waals surface area contributed by atoms with Crippen molar-refractivity contribution in [1.82, 2.24) is 14.2 Å². The van der Waals surface area contributed by atoms with Crippen molar-refractivity contribution >= 4 is 11.6 Å². The summed E-state index contributed by atoms with van der Waals surface area (Å²) in [5.41, 5.74) is 2.64. The minimum absolute atomic E-state index is 0.319. The Labute approximate surface area is 129 Å². The van der Waals surface area contributed by atoms with Crippen molar-refractivity contribution < 1.29 is 9.53 Å². The molecule has 5 nitrogen and oxygen atoms in total. The number of carbonyl (C=O) groups is 1. The Kier molecular flexibility index (Phi) is 4.23. The summed E-state index contributed by atoms with van der Waals surface area (Å²) in [7, 11) is 0. The summed E-state index contributed by atoms with van der Waals surface area (Å²) in [5, 5.41) is 4.20. The van der Waals surface area contributed by atoms with E-state index in [1.807, 2.05) is 18.5 Å². The lowest BCUT2D eigenvalue weighted by Crippen LogP contribution is -2.07. The van der Waals surface area contributed by atoms with Crippen LogP contribution in [0.1, 0.15) is 29.3 Å². The third kappa shape index (κ3) is 2.88. The molecule has 0 saturated heterocycles. The Bertz CT molecular complexity index is 759. The van der Waals surface area contributed by atoms with Crippen LogP contribution >= 0.6 is 0 Å². The Hall–Kier alpha value is -2.56. The third-order valence-electron chi connectivity index (χ3n) is 3.63. The molecule has 2 aromatic heterocycles. The maximum absolute atomic E-state index is 12.0. The van der Waals surface area contributed by atoms with Crippen LogP contribution in [0.25, 0.3) is 5.65 Å². The van der Waals surface area contributed by atoms with E-state index in [1.54, 1.807) is 17.6 Å². The molecule has 0 amide bonds. The predicted octanol–water partition coefficient (Wildman–Crippen LogP) is 2.95. The molecule has 5 heteroatoms. The summed E-state index contributed by atoms with van der Waals surface area (Å²) in [6.07, 6.45) is 7.40. The van der Waals surface area contributed by atoms with Gasteiger partial charge in [0.2, 0.25) is 0 Å². The van der Waals surface area contributed by atoms with Gasteiger partial charge in [-0.05, 0) is 25.3 Å². The highest BCUT2D eigenvalue weighted by Gasteiger charge is 2.16. The smallest absolute Gasteiger partial charge is 0.343 e. The number of esters is 1. The lowest BCUT2D eigenvalue weighted by Gasteiger charge is -2.06. The van der Waals surface area contributed by atoms with Crippen LogP contribution in [0.5, 0.6) is 0 Å². The van der Waals surface area contributed by atoms with Crippen LogP contribution in [0.2, 0.25) is 0 Å². The Morgan fingerprint density at radius 2 is 2.05 bits per heavy atom. The monoisotopic (exact) mass is 297 g/mol. The first-order valence-corrected chi connectivity index (χ1v) is 7.53. The molecule has 0 unspecified atom stereocenters. The minimum Gasteiger partial charge on any atom is -0.462 e. The van der Waals surface area contributed by atoms with E-state index in [2.05, 4.69) is 33.9 Å². The number of imidazole rings is 1. The number of nitrogens with zero attached hydrogens (tertiary/aromatic N) is 3. The van der Waals surface area contributed by atoms with E-state index in [1.165, 1.54) is 5.56 Å². The fourth-order valence-electron chi connectivity index (χ4n) is 2.60. The SMILES string of the molecule is CCOC(=O)c1cnn2ccn(CCCc3ccccc3)c12. The van der Waals surface area contributed by atoms with Gasteiger partial charge in [-0.15, -0.1) is 0 Å². The largest absolute Gasteiger partial charge is 0.462 e. The first kappa shape index (κ1) is 14.4. The fraction of sp³-hybridized carbons (Fsp3) is 0.294. The number of rotatable bonds is 6. The molecule has 2 heterocycles. The van der Waals surface area contributed by atoms with E-state index in [4.69, 9.17) is 4.74 Å². The Balaban J connectivity index is 1.73. The van der Waals surface area contributed by atoms with Gasteiger partial charge in [0.25, 0.3) is 0 Å². The molecule has 0 aliphatic heterocycles. The zero-order valence-corrected chi connectivity index (χ0v) is 12.6. The van der Waals surface area contributed by atoms with Crippen molar-refractivity contribution in [3.63, 3.8) is 0 Å². The molecule has 0 saturated carbocycles. The van der Waals surface area contributed by atoms with Crippen LogP contribution < -0.4 is 0 Å². The van der Waals surface area contributed by atoms with Gasteiger partial charge in [-0.1, -0.05) is 30.3 Å². The highest BCUT2D eigenvalue weighted by molar-refractivity contribution is 5.95. The fourth-order valence-corrected chi connectivity index (χ4v) is 2.60. The average Bonchev–Trinajstić information content (AvgIpc) is 3.11. The molecule has 22 heavy (non-hydrogen) atoms. The molecule has 114 valence electrons. The first-order valence-electron chi connectivity index (χ1n) is 7.53. The van der Waals surface area contributed by atoms with Gasteiger partial charge in [-0.25, -0.2) is 9.31 Å². The van der Waals surface area contributed by atoms with E-state index < -0.39 is 0 Å². The van der Waals surface area contributed by atoms with Crippen LogP contribution in [0.15, 0.2) is 48.9 Å². The minimum atomic E-state index is -0.319. The predicted molar refractivity (Wildman–Crippen MR) is 83.9 cm³/mol. The number of hydrogen-bond acceptors (Lipinski definition) is 3. The lowest BCUT2D eigenvalue weighted by atomic mass is 10.1. The molecule has 0 aliphatic carbocycles. The molecule has 0 atom stereocenters. The summed E-state index contributed by atoms with van der Waals surface area (Å²) in [6, 6.07) is 10.4.